The second-order valence-electron chi connectivity index (χ2n) is 8.34. The number of aliphatic hydroxyl groups excluding tert-OH is 1. The number of carbonyl (C=O) groups excluding carboxylic acids is 2. The van der Waals surface area contributed by atoms with Gasteiger partial charge in [0.05, 0.1) is 37.5 Å². The molecule has 2 aromatic carbocycles. The van der Waals surface area contributed by atoms with Crippen LogP contribution >= 0.6 is 11.6 Å². The van der Waals surface area contributed by atoms with E-state index in [2.05, 4.69) is 0 Å². The number of Topliss-reactive ketones (excluding diaryl/α,β-unsaturated/α-hetero) is 1. The molecule has 1 atom stereocenters. The van der Waals surface area contributed by atoms with Crippen LogP contribution in [0.3, 0.4) is 0 Å². The molecule has 1 aliphatic heterocycles. The summed E-state index contributed by atoms with van der Waals surface area (Å²) in [5.74, 6) is -0.321. The molecule has 1 aliphatic rings. The molecule has 1 unspecified atom stereocenters. The fourth-order valence-electron chi connectivity index (χ4n) is 4.12. The van der Waals surface area contributed by atoms with Gasteiger partial charge in [-0.2, -0.15) is 0 Å². The van der Waals surface area contributed by atoms with Crippen LogP contribution in [0.1, 0.15) is 30.5 Å². The van der Waals surface area contributed by atoms with Crippen LogP contribution in [0.15, 0.2) is 42.0 Å². The molecular weight excluding hydrogens is 472 g/mol. The lowest BCUT2D eigenvalue weighted by molar-refractivity contribution is -0.140. The Bertz CT molecular complexity index is 1130. The Morgan fingerprint density at radius 2 is 1.80 bits per heavy atom. The molecule has 0 bridgehead atoms. The number of ketones is 1. The monoisotopic (exact) mass is 502 g/mol. The summed E-state index contributed by atoms with van der Waals surface area (Å²) in [5.41, 5.74) is 0.803. The van der Waals surface area contributed by atoms with E-state index in [1.807, 2.05) is 25.9 Å². The van der Waals surface area contributed by atoms with Crippen molar-refractivity contribution in [3.8, 4) is 17.2 Å². The highest BCUT2D eigenvalue weighted by Gasteiger charge is 2.47. The molecule has 0 aliphatic carbocycles. The maximum atomic E-state index is 13.3. The third-order valence-electron chi connectivity index (χ3n) is 5.78. The quantitative estimate of drug-likeness (QED) is 0.297. The van der Waals surface area contributed by atoms with Gasteiger partial charge in [-0.1, -0.05) is 11.6 Å². The lowest BCUT2D eigenvalue weighted by Crippen LogP contribution is -2.32. The van der Waals surface area contributed by atoms with Crippen LogP contribution in [0.25, 0.3) is 5.76 Å². The number of carbonyl (C=O) groups is 2. The minimum Gasteiger partial charge on any atom is -0.507 e. The lowest BCUT2D eigenvalue weighted by Gasteiger charge is -2.27. The van der Waals surface area contributed by atoms with E-state index in [1.54, 1.807) is 30.3 Å². The Hall–Kier alpha value is -3.23. The van der Waals surface area contributed by atoms with Crippen molar-refractivity contribution in [2.45, 2.75) is 19.4 Å². The average molecular weight is 503 g/mol. The maximum absolute atomic E-state index is 13.3. The summed E-state index contributed by atoms with van der Waals surface area (Å²) in [4.78, 5) is 29.9. The fourth-order valence-corrected chi connectivity index (χ4v) is 4.36. The van der Waals surface area contributed by atoms with Gasteiger partial charge in [0, 0.05) is 17.7 Å². The molecule has 0 saturated carbocycles. The summed E-state index contributed by atoms with van der Waals surface area (Å²) in [7, 11) is 6.91. The Balaban J connectivity index is 2.18. The van der Waals surface area contributed by atoms with Crippen LogP contribution in [-0.2, 0) is 9.59 Å². The van der Waals surface area contributed by atoms with Crippen LogP contribution in [0.2, 0.25) is 5.02 Å². The summed E-state index contributed by atoms with van der Waals surface area (Å²) in [6.07, 6.45) is 0.637. The molecule has 0 spiro atoms. The van der Waals surface area contributed by atoms with Crippen molar-refractivity contribution in [2.24, 2.45) is 0 Å². The number of methoxy groups -OCH3 is 2. The van der Waals surface area contributed by atoms with E-state index in [4.69, 9.17) is 25.8 Å². The smallest absolute Gasteiger partial charge is 0.295 e. The number of halogens is 1. The highest BCUT2D eigenvalue weighted by molar-refractivity contribution is 6.46. The molecule has 0 aromatic heterocycles. The molecule has 0 radical (unpaired) electrons. The van der Waals surface area contributed by atoms with Crippen molar-refractivity contribution in [1.29, 1.82) is 0 Å². The van der Waals surface area contributed by atoms with E-state index in [0.29, 0.717) is 47.9 Å². The molecule has 8 nitrogen and oxygen atoms in total. The highest BCUT2D eigenvalue weighted by atomic mass is 35.5. The number of likely N-dealkylation sites (tertiary alicyclic amines) is 1. The van der Waals surface area contributed by atoms with Crippen LogP contribution < -0.4 is 14.2 Å². The number of amides is 1. The molecule has 1 saturated heterocycles. The van der Waals surface area contributed by atoms with Gasteiger partial charge in [0.1, 0.15) is 23.0 Å². The van der Waals surface area contributed by atoms with E-state index in [1.165, 1.54) is 25.2 Å². The predicted molar refractivity (Wildman–Crippen MR) is 134 cm³/mol. The van der Waals surface area contributed by atoms with Crippen molar-refractivity contribution < 1.29 is 28.9 Å². The second kappa shape index (κ2) is 11.5. The molecule has 1 N–H and O–H groups in total. The van der Waals surface area contributed by atoms with Crippen LogP contribution in [0.4, 0.5) is 0 Å². The number of rotatable bonds is 10. The molecule has 35 heavy (non-hydrogen) atoms. The van der Waals surface area contributed by atoms with E-state index < -0.39 is 17.7 Å². The van der Waals surface area contributed by atoms with Gasteiger partial charge in [-0.3, -0.25) is 9.59 Å². The van der Waals surface area contributed by atoms with Crippen molar-refractivity contribution in [3.63, 3.8) is 0 Å². The van der Waals surface area contributed by atoms with Gasteiger partial charge in [0.2, 0.25) is 0 Å². The first-order valence-electron chi connectivity index (χ1n) is 11.3. The first kappa shape index (κ1) is 26.4. The molecular formula is C26H31ClN2O6. The fraction of sp³-hybridized carbons (Fsp3) is 0.385. The molecule has 1 amide bonds. The van der Waals surface area contributed by atoms with Gasteiger partial charge in [0.15, 0.2) is 0 Å². The molecule has 188 valence electrons. The van der Waals surface area contributed by atoms with E-state index in [9.17, 15) is 14.7 Å². The Morgan fingerprint density at radius 1 is 1.09 bits per heavy atom. The average Bonchev–Trinajstić information content (AvgIpc) is 3.09. The minimum atomic E-state index is -0.868. The van der Waals surface area contributed by atoms with Crippen molar-refractivity contribution in [1.82, 2.24) is 9.80 Å². The first-order chi connectivity index (χ1) is 16.7. The van der Waals surface area contributed by atoms with Gasteiger partial charge in [-0.25, -0.2) is 0 Å². The lowest BCUT2D eigenvalue weighted by atomic mass is 9.94. The topological polar surface area (TPSA) is 88.5 Å². The molecule has 1 fully saturated rings. The summed E-state index contributed by atoms with van der Waals surface area (Å²) < 4.78 is 16.4. The van der Waals surface area contributed by atoms with Crippen molar-refractivity contribution in [3.05, 3.63) is 58.1 Å². The standard InChI is InChI=1S/C26H31ClN2O6/c1-6-35-21-10-8-16(14-19(21)27)24(30)22-23(18-15-17(33-4)9-11-20(18)34-5)29(26(32)25(22)31)13-7-12-28(2)3/h8-11,14-15,23,30H,6-7,12-13H2,1-5H3/b24-22+. The van der Waals surface area contributed by atoms with E-state index >= 15 is 0 Å². The maximum Gasteiger partial charge on any atom is 0.295 e. The molecule has 3 rings (SSSR count). The van der Waals surface area contributed by atoms with Crippen molar-refractivity contribution >= 4 is 29.1 Å². The number of aliphatic hydroxyl groups is 1. The summed E-state index contributed by atoms with van der Waals surface area (Å²) in [5, 5.41) is 11.6. The zero-order valence-electron chi connectivity index (χ0n) is 20.6. The third-order valence-corrected chi connectivity index (χ3v) is 6.08. The van der Waals surface area contributed by atoms with Crippen LogP contribution in [0.5, 0.6) is 17.2 Å². The Morgan fingerprint density at radius 3 is 2.40 bits per heavy atom. The van der Waals surface area contributed by atoms with Crippen molar-refractivity contribution in [2.75, 3.05) is 48.0 Å². The largest absolute Gasteiger partial charge is 0.507 e. The third kappa shape index (κ3) is 5.55. The zero-order valence-corrected chi connectivity index (χ0v) is 21.4. The summed E-state index contributed by atoms with van der Waals surface area (Å²) in [6.45, 7) is 3.30. The molecule has 2 aromatic rings. The Labute approximate surface area is 210 Å². The van der Waals surface area contributed by atoms with E-state index in [0.717, 1.165) is 6.54 Å². The molecule has 9 heteroatoms. The number of hydrogen-bond donors (Lipinski definition) is 1. The summed E-state index contributed by atoms with van der Waals surface area (Å²) >= 11 is 6.33. The molecule has 1 heterocycles. The predicted octanol–water partition coefficient (Wildman–Crippen LogP) is 4.13. The van der Waals surface area contributed by atoms with Gasteiger partial charge in [0.25, 0.3) is 11.7 Å². The number of benzene rings is 2. The SMILES string of the molecule is CCOc1ccc(/C(O)=C2\C(=O)C(=O)N(CCCN(C)C)C2c2cc(OC)ccc2OC)cc1Cl. The van der Waals surface area contributed by atoms with Gasteiger partial charge in [-0.05, 0) is 70.4 Å². The van der Waals surface area contributed by atoms with Gasteiger partial charge < -0.3 is 29.1 Å². The zero-order chi connectivity index (χ0) is 25.7. The highest BCUT2D eigenvalue weighted by Crippen LogP contribution is 2.44. The number of nitrogens with zero attached hydrogens (tertiary/aromatic N) is 2. The van der Waals surface area contributed by atoms with Gasteiger partial charge >= 0.3 is 0 Å². The normalized spacial score (nSPS) is 17.2. The number of hydrogen-bond acceptors (Lipinski definition) is 7. The number of ether oxygens (including phenoxy) is 3. The summed E-state index contributed by atoms with van der Waals surface area (Å²) in [6, 6.07) is 9.02. The van der Waals surface area contributed by atoms with E-state index in [-0.39, 0.29) is 16.4 Å². The first-order valence-corrected chi connectivity index (χ1v) is 11.7. The van der Waals surface area contributed by atoms with Crippen LogP contribution in [-0.4, -0.2) is 74.6 Å². The second-order valence-corrected chi connectivity index (χ2v) is 8.74. The van der Waals surface area contributed by atoms with Crippen LogP contribution in [0, 0.1) is 0 Å². The Kier molecular flexibility index (Phi) is 8.64. The minimum absolute atomic E-state index is 0.0355. The van der Waals surface area contributed by atoms with Gasteiger partial charge in [-0.15, -0.1) is 0 Å².